The normalized spacial score (nSPS) is 12.5. The molecule has 144 valence electrons. The van der Waals surface area contributed by atoms with E-state index in [-0.39, 0.29) is 5.82 Å². The minimum Gasteiger partial charge on any atom is -0.369 e. The van der Waals surface area contributed by atoms with Gasteiger partial charge in [-0.15, -0.1) is 0 Å². The highest BCUT2D eigenvalue weighted by atomic mass is 35.5. The van der Waals surface area contributed by atoms with Gasteiger partial charge in [0.1, 0.15) is 5.82 Å². The zero-order valence-corrected chi connectivity index (χ0v) is 16.2. The van der Waals surface area contributed by atoms with Crippen LogP contribution >= 0.6 is 11.6 Å². The molecule has 0 aliphatic carbocycles. The molecule has 3 N–H and O–H groups in total. The van der Waals surface area contributed by atoms with Crippen LogP contribution in [0.1, 0.15) is 11.1 Å². The molecule has 0 saturated carbocycles. The van der Waals surface area contributed by atoms with E-state index < -0.39 is 11.8 Å². The van der Waals surface area contributed by atoms with Crippen LogP contribution in [-0.2, 0) is 17.8 Å². The zero-order chi connectivity index (χ0) is 19.8. The molecule has 0 spiro atoms. The lowest BCUT2D eigenvalue weighted by Crippen LogP contribution is -2.43. The first kappa shape index (κ1) is 20.7. The number of carbonyl (C=O) groups excluding carboxylic acids is 1. The molecule has 1 unspecified atom stereocenters. The number of primary amides is 1. The van der Waals surface area contributed by atoms with E-state index in [0.29, 0.717) is 30.5 Å². The van der Waals surface area contributed by atoms with Crippen LogP contribution in [0, 0.1) is 11.7 Å². The van der Waals surface area contributed by atoms with E-state index in [2.05, 4.69) is 10.3 Å². The van der Waals surface area contributed by atoms with Crippen LogP contribution in [0.3, 0.4) is 0 Å². The summed E-state index contributed by atoms with van der Waals surface area (Å²) in [6, 6.07) is 13.7. The maximum Gasteiger partial charge on any atom is 0.222 e. The largest absolute Gasteiger partial charge is 0.369 e. The smallest absolute Gasteiger partial charge is 0.222 e. The standard InChI is InChI=1S/C20H24ClFN4O/c1-24-20(26(2)13-15-5-3-4-6-18(15)21)25-12-16(19(23)27)11-14-7-9-17(22)10-8-14/h3-10,16H,11-13H2,1-2H3,(H2,23,27)(H,24,25). The molecule has 0 fully saturated rings. The van der Waals surface area contributed by atoms with Crippen LogP contribution < -0.4 is 11.1 Å². The molecule has 5 nitrogen and oxygen atoms in total. The van der Waals surface area contributed by atoms with E-state index in [1.165, 1.54) is 12.1 Å². The minimum atomic E-state index is -0.444. The molecule has 0 saturated heterocycles. The van der Waals surface area contributed by atoms with E-state index in [4.69, 9.17) is 17.3 Å². The number of hydrogen-bond acceptors (Lipinski definition) is 2. The summed E-state index contributed by atoms with van der Waals surface area (Å²) in [6.45, 7) is 0.894. The summed E-state index contributed by atoms with van der Waals surface area (Å²) in [5, 5.41) is 3.87. The van der Waals surface area contributed by atoms with Gasteiger partial charge in [-0.2, -0.15) is 0 Å². The third-order valence-corrected chi connectivity index (χ3v) is 4.61. The number of hydrogen-bond donors (Lipinski definition) is 2. The fourth-order valence-corrected chi connectivity index (χ4v) is 2.93. The maximum atomic E-state index is 13.0. The van der Waals surface area contributed by atoms with Gasteiger partial charge in [0.25, 0.3) is 0 Å². The van der Waals surface area contributed by atoms with E-state index in [9.17, 15) is 9.18 Å². The second-order valence-electron chi connectivity index (χ2n) is 6.31. The molecule has 27 heavy (non-hydrogen) atoms. The Hall–Kier alpha value is -2.60. The average molecular weight is 391 g/mol. The number of guanidine groups is 1. The van der Waals surface area contributed by atoms with Gasteiger partial charge in [-0.3, -0.25) is 9.79 Å². The number of nitrogens with one attached hydrogen (secondary N) is 1. The summed E-state index contributed by atoms with van der Waals surface area (Å²) < 4.78 is 13.0. The maximum absolute atomic E-state index is 13.0. The lowest BCUT2D eigenvalue weighted by molar-refractivity contribution is -0.121. The first-order valence-corrected chi connectivity index (χ1v) is 8.97. The number of halogens is 2. The molecule has 0 aliphatic heterocycles. The quantitative estimate of drug-likeness (QED) is 0.564. The van der Waals surface area contributed by atoms with Crippen molar-refractivity contribution in [2.45, 2.75) is 13.0 Å². The molecular weight excluding hydrogens is 367 g/mol. The lowest BCUT2D eigenvalue weighted by atomic mass is 9.98. The highest BCUT2D eigenvalue weighted by Gasteiger charge is 2.18. The third-order valence-electron chi connectivity index (χ3n) is 4.24. The van der Waals surface area contributed by atoms with Gasteiger partial charge in [0, 0.05) is 32.2 Å². The molecule has 2 aromatic carbocycles. The van der Waals surface area contributed by atoms with Crippen molar-refractivity contribution in [1.29, 1.82) is 0 Å². The highest BCUT2D eigenvalue weighted by molar-refractivity contribution is 6.31. The Bertz CT molecular complexity index is 795. The Kier molecular flexibility index (Phi) is 7.61. The van der Waals surface area contributed by atoms with Gasteiger partial charge in [-0.25, -0.2) is 4.39 Å². The molecule has 0 aliphatic rings. The number of rotatable bonds is 7. The van der Waals surface area contributed by atoms with Crippen molar-refractivity contribution in [2.24, 2.45) is 16.6 Å². The Morgan fingerprint density at radius 2 is 1.93 bits per heavy atom. The molecule has 7 heteroatoms. The zero-order valence-electron chi connectivity index (χ0n) is 15.5. The van der Waals surface area contributed by atoms with E-state index in [0.717, 1.165) is 11.1 Å². The first-order chi connectivity index (χ1) is 12.9. The summed E-state index contributed by atoms with van der Waals surface area (Å²) in [6.07, 6.45) is 0.424. The van der Waals surface area contributed by atoms with Gasteiger partial charge in [0.2, 0.25) is 5.91 Å². The predicted octanol–water partition coefficient (Wildman–Crippen LogP) is 2.83. The highest BCUT2D eigenvalue weighted by Crippen LogP contribution is 2.16. The number of aliphatic imine (C=N–C) groups is 1. The minimum absolute atomic E-state index is 0.311. The van der Waals surface area contributed by atoms with E-state index in [1.54, 1.807) is 19.2 Å². The predicted molar refractivity (Wildman–Crippen MR) is 107 cm³/mol. The summed E-state index contributed by atoms with van der Waals surface area (Å²) in [5.41, 5.74) is 7.36. The first-order valence-electron chi connectivity index (χ1n) is 8.59. The second-order valence-corrected chi connectivity index (χ2v) is 6.71. The molecular formula is C20H24ClFN4O. The molecule has 1 amide bonds. The van der Waals surface area contributed by atoms with Gasteiger partial charge in [0.15, 0.2) is 5.96 Å². The van der Waals surface area contributed by atoms with Crippen molar-refractivity contribution in [2.75, 3.05) is 20.6 Å². The van der Waals surface area contributed by atoms with Crippen LogP contribution in [0.2, 0.25) is 5.02 Å². The van der Waals surface area contributed by atoms with Crippen LogP contribution in [0.15, 0.2) is 53.5 Å². The Labute approximate surface area is 164 Å². The Morgan fingerprint density at radius 1 is 1.26 bits per heavy atom. The van der Waals surface area contributed by atoms with Crippen molar-refractivity contribution < 1.29 is 9.18 Å². The van der Waals surface area contributed by atoms with E-state index in [1.807, 2.05) is 36.2 Å². The fourth-order valence-electron chi connectivity index (χ4n) is 2.73. The molecule has 0 radical (unpaired) electrons. The number of benzene rings is 2. The number of carbonyl (C=O) groups is 1. The van der Waals surface area contributed by atoms with Gasteiger partial charge < -0.3 is 16.0 Å². The van der Waals surface area contributed by atoms with Crippen LogP contribution in [0.4, 0.5) is 4.39 Å². The van der Waals surface area contributed by atoms with Crippen molar-refractivity contribution in [3.63, 3.8) is 0 Å². The molecule has 2 rings (SSSR count). The SMILES string of the molecule is CN=C(NCC(Cc1ccc(F)cc1)C(N)=O)N(C)Cc1ccccc1Cl. The Balaban J connectivity index is 1.98. The second kappa shape index (κ2) is 9.92. The summed E-state index contributed by atoms with van der Waals surface area (Å²) in [7, 11) is 3.56. The molecule has 1 atom stereocenters. The lowest BCUT2D eigenvalue weighted by Gasteiger charge is -2.24. The molecule has 0 aromatic heterocycles. The van der Waals surface area contributed by atoms with Gasteiger partial charge in [-0.1, -0.05) is 41.9 Å². The molecule has 0 heterocycles. The summed E-state index contributed by atoms with van der Waals surface area (Å²) in [5.74, 6) is -0.550. The van der Waals surface area contributed by atoms with Crippen molar-refractivity contribution in [1.82, 2.24) is 10.2 Å². The molecule has 0 bridgehead atoms. The number of amides is 1. The summed E-state index contributed by atoms with van der Waals surface area (Å²) >= 11 is 6.21. The topological polar surface area (TPSA) is 70.7 Å². The number of nitrogens with zero attached hydrogens (tertiary/aromatic N) is 2. The molecule has 2 aromatic rings. The number of nitrogens with two attached hydrogens (primary N) is 1. The monoisotopic (exact) mass is 390 g/mol. The van der Waals surface area contributed by atoms with E-state index >= 15 is 0 Å². The van der Waals surface area contributed by atoms with Gasteiger partial charge in [-0.05, 0) is 35.7 Å². The van der Waals surface area contributed by atoms with Crippen molar-refractivity contribution in [3.8, 4) is 0 Å². The van der Waals surface area contributed by atoms with Crippen LogP contribution in [-0.4, -0.2) is 37.4 Å². The van der Waals surface area contributed by atoms with Gasteiger partial charge in [0.05, 0.1) is 5.92 Å². The van der Waals surface area contributed by atoms with Crippen LogP contribution in [0.5, 0.6) is 0 Å². The fraction of sp³-hybridized carbons (Fsp3) is 0.300. The van der Waals surface area contributed by atoms with Crippen molar-refractivity contribution in [3.05, 3.63) is 70.5 Å². The van der Waals surface area contributed by atoms with Crippen molar-refractivity contribution >= 4 is 23.5 Å². The van der Waals surface area contributed by atoms with Gasteiger partial charge >= 0.3 is 0 Å². The average Bonchev–Trinajstić information content (AvgIpc) is 2.64. The summed E-state index contributed by atoms with van der Waals surface area (Å²) in [4.78, 5) is 18.0. The Morgan fingerprint density at radius 3 is 2.52 bits per heavy atom. The third kappa shape index (κ3) is 6.25. The van der Waals surface area contributed by atoms with Crippen LogP contribution in [0.25, 0.3) is 0 Å².